The van der Waals surface area contributed by atoms with Crippen LogP contribution in [0.25, 0.3) is 0 Å². The fourth-order valence-electron chi connectivity index (χ4n) is 0.325. The van der Waals surface area contributed by atoms with Gasteiger partial charge in [0.15, 0.2) is 0 Å². The third-order valence-electron chi connectivity index (χ3n) is 0.833. The van der Waals surface area contributed by atoms with Crippen molar-refractivity contribution in [2.24, 2.45) is 5.73 Å². The topological polar surface area (TPSA) is 52.3 Å². The molecule has 3 nitrogen and oxygen atoms in total. The Balaban J connectivity index is 3.45. The molecule has 0 unspecified atom stereocenters. The lowest BCUT2D eigenvalue weighted by Gasteiger charge is -2.03. The molecule has 5 heteroatoms. The minimum absolute atomic E-state index is 0.507. The van der Waals surface area contributed by atoms with Crippen molar-refractivity contribution >= 4 is 31.5 Å². The first-order valence-corrected chi connectivity index (χ1v) is 3.43. The Morgan fingerprint density at radius 1 is 1.78 bits per heavy atom. The van der Waals surface area contributed by atoms with Gasteiger partial charge in [0.2, 0.25) is 0 Å². The second kappa shape index (κ2) is 4.96. The Labute approximate surface area is 65.0 Å². The highest BCUT2D eigenvalue weighted by Crippen LogP contribution is 1.94. The van der Waals surface area contributed by atoms with Crippen LogP contribution in [0.4, 0.5) is 0 Å². The van der Waals surface area contributed by atoms with Crippen molar-refractivity contribution in [3.8, 4) is 0 Å². The zero-order chi connectivity index (χ0) is 7.28. The molecule has 0 aliphatic rings. The van der Waals surface area contributed by atoms with Gasteiger partial charge in [-0.2, -0.15) is 12.6 Å². The smallest absolute Gasteiger partial charge is 0.334 e. The van der Waals surface area contributed by atoms with Gasteiger partial charge in [-0.1, -0.05) is 0 Å². The van der Waals surface area contributed by atoms with E-state index in [1.807, 2.05) is 0 Å². The molecule has 0 rings (SSSR count). The molecule has 0 fully saturated rings. The molecular formula is C4H9NO2S2. The van der Waals surface area contributed by atoms with Crippen LogP contribution in [0.3, 0.4) is 0 Å². The number of rotatable bonds is 3. The van der Waals surface area contributed by atoms with Gasteiger partial charge in [0, 0.05) is 12.9 Å². The number of thiol groups is 2. The van der Waals surface area contributed by atoms with E-state index >= 15 is 0 Å². The van der Waals surface area contributed by atoms with Gasteiger partial charge in [-0.05, 0) is 12.2 Å². The second-order valence-corrected chi connectivity index (χ2v) is 2.16. The Morgan fingerprint density at radius 2 is 2.33 bits per heavy atom. The Hall–Kier alpha value is 0.130. The van der Waals surface area contributed by atoms with Crippen molar-refractivity contribution in [3.63, 3.8) is 0 Å². The van der Waals surface area contributed by atoms with E-state index in [-0.39, 0.29) is 0 Å². The quantitative estimate of drug-likeness (QED) is 0.410. The summed E-state index contributed by atoms with van der Waals surface area (Å²) < 4.78 is 4.06. The maximum atomic E-state index is 10.4. The third-order valence-corrected chi connectivity index (χ3v) is 1.27. The van der Waals surface area contributed by atoms with Gasteiger partial charge in [-0.15, -0.1) is 0 Å². The van der Waals surface area contributed by atoms with E-state index in [1.165, 1.54) is 0 Å². The zero-order valence-electron chi connectivity index (χ0n) is 4.78. The highest BCUT2D eigenvalue weighted by atomic mass is 32.1. The molecule has 0 saturated heterocycles. The van der Waals surface area contributed by atoms with Gasteiger partial charge in [0.05, 0.1) is 0 Å². The maximum absolute atomic E-state index is 10.4. The van der Waals surface area contributed by atoms with E-state index in [0.29, 0.717) is 12.2 Å². The summed E-state index contributed by atoms with van der Waals surface area (Å²) in [5.74, 6) is 0.0664. The summed E-state index contributed by atoms with van der Waals surface area (Å²) in [4.78, 5) is 10.4. The lowest BCUT2D eigenvalue weighted by atomic mass is 10.2. The van der Waals surface area contributed by atoms with Crippen LogP contribution in [0.1, 0.15) is 6.42 Å². The van der Waals surface area contributed by atoms with Crippen LogP contribution in [0.15, 0.2) is 0 Å². The molecule has 54 valence electrons. The normalized spacial score (nSPS) is 12.8. The number of carbonyl (C=O) groups is 1. The van der Waals surface area contributed by atoms with E-state index in [2.05, 4.69) is 29.7 Å². The number of carbonyl (C=O) groups excluding carboxylic acids is 1. The maximum Gasteiger partial charge on any atom is 0.334 e. The zero-order valence-corrected chi connectivity index (χ0v) is 6.57. The van der Waals surface area contributed by atoms with Crippen LogP contribution in [0.5, 0.6) is 0 Å². The molecule has 0 aliphatic heterocycles. The molecule has 0 saturated carbocycles. The summed E-state index contributed by atoms with van der Waals surface area (Å²) >= 11 is 7.17. The van der Waals surface area contributed by atoms with Gasteiger partial charge < -0.3 is 9.92 Å². The molecule has 0 bridgehead atoms. The van der Waals surface area contributed by atoms with Crippen LogP contribution in [-0.4, -0.2) is 17.8 Å². The monoisotopic (exact) mass is 167 g/mol. The van der Waals surface area contributed by atoms with Gasteiger partial charge in [0.25, 0.3) is 0 Å². The SMILES string of the molecule is N[C@@H](CCS)C(=O)OS. The van der Waals surface area contributed by atoms with Crippen LogP contribution < -0.4 is 5.73 Å². The standard InChI is InChI=1S/C4H9NO2S2/c5-3(1-2-8)4(6)7-9/h3,8-9H,1-2,5H2/t3-/m0/s1. The number of nitrogens with two attached hydrogens (primary N) is 1. The van der Waals surface area contributed by atoms with Crippen LogP contribution in [0, 0.1) is 0 Å². The summed E-state index contributed by atoms with van der Waals surface area (Å²) in [6, 6.07) is -0.583. The summed E-state index contributed by atoms with van der Waals surface area (Å²) in [5, 5.41) is 0. The van der Waals surface area contributed by atoms with E-state index in [1.54, 1.807) is 0 Å². The van der Waals surface area contributed by atoms with Crippen molar-refractivity contribution in [1.82, 2.24) is 0 Å². The average Bonchev–Trinajstić information content (AvgIpc) is 1.87. The highest BCUT2D eigenvalue weighted by molar-refractivity contribution is 7.80. The van der Waals surface area contributed by atoms with Gasteiger partial charge in [0.1, 0.15) is 6.04 Å². The lowest BCUT2D eigenvalue weighted by molar-refractivity contribution is -0.134. The molecule has 0 aromatic carbocycles. The van der Waals surface area contributed by atoms with Crippen molar-refractivity contribution in [1.29, 1.82) is 0 Å². The summed E-state index contributed by atoms with van der Waals surface area (Å²) in [6.45, 7) is 0. The van der Waals surface area contributed by atoms with Crippen molar-refractivity contribution in [3.05, 3.63) is 0 Å². The Morgan fingerprint density at radius 3 is 2.67 bits per heavy atom. The van der Waals surface area contributed by atoms with Gasteiger partial charge in [-0.3, -0.25) is 0 Å². The molecule has 0 aromatic rings. The predicted molar refractivity (Wildman–Crippen MR) is 41.5 cm³/mol. The third kappa shape index (κ3) is 3.66. The molecule has 0 heterocycles. The molecule has 0 aromatic heterocycles. The molecule has 0 spiro atoms. The second-order valence-electron chi connectivity index (χ2n) is 1.53. The molecule has 9 heavy (non-hydrogen) atoms. The Bertz CT molecular complexity index is 98.6. The van der Waals surface area contributed by atoms with Crippen molar-refractivity contribution < 1.29 is 8.98 Å². The first-order valence-electron chi connectivity index (χ1n) is 2.44. The number of hydrogen-bond donors (Lipinski definition) is 3. The first kappa shape index (κ1) is 9.13. The fourth-order valence-corrected chi connectivity index (χ4v) is 0.738. The molecule has 0 radical (unpaired) electrons. The summed E-state index contributed by atoms with van der Waals surface area (Å²) in [6.07, 6.45) is 0.516. The Kier molecular flexibility index (Phi) is 5.03. The molecule has 1 atom stereocenters. The minimum atomic E-state index is -0.583. The lowest BCUT2D eigenvalue weighted by Crippen LogP contribution is -2.30. The van der Waals surface area contributed by atoms with E-state index in [4.69, 9.17) is 5.73 Å². The molecular weight excluding hydrogens is 158 g/mol. The minimum Gasteiger partial charge on any atom is -0.393 e. The predicted octanol–water partition coefficient (Wildman–Crippen LogP) is 0.0216. The van der Waals surface area contributed by atoms with Crippen LogP contribution in [-0.2, 0) is 8.98 Å². The van der Waals surface area contributed by atoms with Crippen molar-refractivity contribution in [2.75, 3.05) is 5.75 Å². The highest BCUT2D eigenvalue weighted by Gasteiger charge is 2.11. The first-order chi connectivity index (χ1) is 4.22. The summed E-state index contributed by atoms with van der Waals surface area (Å²) in [7, 11) is 0. The molecule has 2 N–H and O–H groups in total. The average molecular weight is 167 g/mol. The molecule has 0 aliphatic carbocycles. The van der Waals surface area contributed by atoms with Gasteiger partial charge in [-0.25, -0.2) is 4.79 Å². The van der Waals surface area contributed by atoms with E-state index < -0.39 is 12.0 Å². The van der Waals surface area contributed by atoms with Gasteiger partial charge >= 0.3 is 5.97 Å². The van der Waals surface area contributed by atoms with Crippen molar-refractivity contribution in [2.45, 2.75) is 12.5 Å². The van der Waals surface area contributed by atoms with Crippen LogP contribution in [0.2, 0.25) is 0 Å². The van der Waals surface area contributed by atoms with Crippen LogP contribution >= 0.6 is 25.5 Å². The molecule has 0 amide bonds. The fraction of sp³-hybridized carbons (Fsp3) is 0.750. The van der Waals surface area contributed by atoms with E-state index in [9.17, 15) is 4.79 Å². The summed E-state index contributed by atoms with van der Waals surface area (Å²) in [5.41, 5.74) is 5.27. The largest absolute Gasteiger partial charge is 0.393 e. The van der Waals surface area contributed by atoms with E-state index in [0.717, 1.165) is 0 Å². The number of hydrogen-bond acceptors (Lipinski definition) is 5.